The Balaban J connectivity index is 0.00000225. The van der Waals surface area contributed by atoms with E-state index < -0.39 is 0 Å². The Hall–Kier alpha value is -1.88. The van der Waals surface area contributed by atoms with E-state index in [0.717, 1.165) is 66.2 Å². The van der Waals surface area contributed by atoms with E-state index >= 15 is 0 Å². The molecule has 2 aromatic heterocycles. The van der Waals surface area contributed by atoms with Gasteiger partial charge in [-0.3, -0.25) is 4.99 Å². The number of rotatable bonds is 4. The fourth-order valence-electron chi connectivity index (χ4n) is 3.25. The Labute approximate surface area is 186 Å². The van der Waals surface area contributed by atoms with Crippen LogP contribution in [0.5, 0.6) is 0 Å². The van der Waals surface area contributed by atoms with Crippen LogP contribution in [0.25, 0.3) is 11.0 Å². The first-order chi connectivity index (χ1) is 13.3. The van der Waals surface area contributed by atoms with E-state index in [-0.39, 0.29) is 24.0 Å². The van der Waals surface area contributed by atoms with Crippen molar-refractivity contribution in [2.75, 3.05) is 38.1 Å². The van der Waals surface area contributed by atoms with Gasteiger partial charge >= 0.3 is 0 Å². The van der Waals surface area contributed by atoms with Gasteiger partial charge in [-0.1, -0.05) is 25.1 Å². The molecule has 0 amide bonds. The average Bonchev–Trinajstić information content (AvgIpc) is 3.35. The zero-order chi connectivity index (χ0) is 18.6. The van der Waals surface area contributed by atoms with Crippen molar-refractivity contribution in [3.63, 3.8) is 0 Å². The van der Waals surface area contributed by atoms with Crippen molar-refractivity contribution >= 4 is 57.6 Å². The number of benzene rings is 1. The molecule has 3 aromatic rings. The number of fused-ring (bicyclic) bond motifs is 1. The second kappa shape index (κ2) is 9.55. The molecule has 1 aliphatic heterocycles. The number of nitrogens with one attached hydrogen (secondary N) is 1. The third-order valence-electron chi connectivity index (χ3n) is 4.73. The molecule has 7 nitrogen and oxygen atoms in total. The first-order valence-corrected chi connectivity index (χ1v) is 10.0. The first-order valence-electron chi connectivity index (χ1n) is 9.27. The molecule has 1 aromatic carbocycles. The minimum Gasteiger partial charge on any atom is -0.459 e. The summed E-state index contributed by atoms with van der Waals surface area (Å²) in [5.74, 6) is 2.75. The van der Waals surface area contributed by atoms with Crippen LogP contribution in [0, 0.1) is 0 Å². The fourth-order valence-corrected chi connectivity index (χ4v) is 4.05. The van der Waals surface area contributed by atoms with Crippen LogP contribution in [0.3, 0.4) is 0 Å². The number of guanidine groups is 1. The van der Waals surface area contributed by atoms with E-state index in [9.17, 15) is 0 Å². The van der Waals surface area contributed by atoms with Crippen LogP contribution >= 0.6 is 35.5 Å². The smallest absolute Gasteiger partial charge is 0.205 e. The lowest BCUT2D eigenvalue weighted by atomic mass is 10.2. The number of anilines is 1. The molecular formula is C19H25IN6OS. The maximum Gasteiger partial charge on any atom is 0.205 e. The predicted octanol–water partition coefficient (Wildman–Crippen LogP) is 3.36. The second-order valence-corrected chi connectivity index (χ2v) is 7.20. The number of aryl methyl sites for hydroxylation is 1. The van der Waals surface area contributed by atoms with E-state index in [1.54, 1.807) is 0 Å². The van der Waals surface area contributed by atoms with Crippen molar-refractivity contribution < 1.29 is 4.42 Å². The lowest BCUT2D eigenvalue weighted by molar-refractivity contribution is 0.370. The molecule has 0 atom stereocenters. The molecule has 0 spiro atoms. The van der Waals surface area contributed by atoms with Crippen molar-refractivity contribution in [2.45, 2.75) is 19.9 Å². The minimum atomic E-state index is 0. The molecule has 1 saturated heterocycles. The molecule has 4 rings (SSSR count). The maximum atomic E-state index is 5.88. The predicted molar refractivity (Wildman–Crippen MR) is 125 cm³/mol. The third-order valence-corrected chi connectivity index (χ3v) is 5.55. The minimum absolute atomic E-state index is 0. The molecule has 28 heavy (non-hydrogen) atoms. The summed E-state index contributed by atoms with van der Waals surface area (Å²) in [6.07, 6.45) is 0.884. The van der Waals surface area contributed by atoms with E-state index in [1.807, 2.05) is 25.2 Å². The van der Waals surface area contributed by atoms with Crippen LogP contribution in [0.2, 0.25) is 0 Å². The number of hydrogen-bond acceptors (Lipinski definition) is 6. The molecule has 0 radical (unpaired) electrons. The van der Waals surface area contributed by atoms with Gasteiger partial charge in [0.05, 0.1) is 6.54 Å². The van der Waals surface area contributed by atoms with Gasteiger partial charge in [-0.2, -0.15) is 4.37 Å². The first kappa shape index (κ1) is 20.8. The summed E-state index contributed by atoms with van der Waals surface area (Å²) in [5.41, 5.74) is 0.918. The van der Waals surface area contributed by atoms with Gasteiger partial charge in [0, 0.05) is 56.6 Å². The van der Waals surface area contributed by atoms with E-state index in [1.165, 1.54) is 11.5 Å². The summed E-state index contributed by atoms with van der Waals surface area (Å²) in [7, 11) is 1.83. The van der Waals surface area contributed by atoms with Gasteiger partial charge in [0.25, 0.3) is 0 Å². The lowest BCUT2D eigenvalue weighted by Gasteiger charge is -2.36. The van der Waals surface area contributed by atoms with Crippen LogP contribution in [-0.4, -0.2) is 53.4 Å². The highest BCUT2D eigenvalue weighted by Gasteiger charge is 2.22. The molecule has 1 fully saturated rings. The Morgan fingerprint density at radius 1 is 1.25 bits per heavy atom. The highest BCUT2D eigenvalue weighted by molar-refractivity contribution is 14.0. The van der Waals surface area contributed by atoms with Gasteiger partial charge in [0.2, 0.25) is 5.13 Å². The van der Waals surface area contributed by atoms with Crippen molar-refractivity contribution in [2.24, 2.45) is 4.99 Å². The van der Waals surface area contributed by atoms with Crippen LogP contribution in [-0.2, 0) is 13.0 Å². The lowest BCUT2D eigenvalue weighted by Crippen LogP contribution is -2.52. The fraction of sp³-hybridized carbons (Fsp3) is 0.421. The number of nitrogens with zero attached hydrogens (tertiary/aromatic N) is 5. The Kier molecular flexibility index (Phi) is 7.11. The molecule has 1 aliphatic rings. The summed E-state index contributed by atoms with van der Waals surface area (Å²) in [6.45, 7) is 6.36. The quantitative estimate of drug-likeness (QED) is 0.329. The van der Waals surface area contributed by atoms with Gasteiger partial charge in [-0.15, -0.1) is 24.0 Å². The van der Waals surface area contributed by atoms with Gasteiger partial charge in [0.15, 0.2) is 5.96 Å². The number of aromatic nitrogens is 2. The van der Waals surface area contributed by atoms with Crippen LogP contribution in [0.1, 0.15) is 18.5 Å². The van der Waals surface area contributed by atoms with Crippen molar-refractivity contribution in [3.05, 3.63) is 41.9 Å². The largest absolute Gasteiger partial charge is 0.459 e. The number of furan rings is 1. The van der Waals surface area contributed by atoms with E-state index in [2.05, 4.69) is 48.5 Å². The summed E-state index contributed by atoms with van der Waals surface area (Å²) in [4.78, 5) is 13.6. The Bertz CT molecular complexity index is 898. The maximum absolute atomic E-state index is 5.88. The van der Waals surface area contributed by atoms with Crippen molar-refractivity contribution in [3.8, 4) is 0 Å². The third kappa shape index (κ3) is 4.57. The van der Waals surface area contributed by atoms with Gasteiger partial charge in [0.1, 0.15) is 17.2 Å². The topological polar surface area (TPSA) is 69.8 Å². The molecule has 0 bridgehead atoms. The number of piperazine rings is 1. The molecule has 3 heterocycles. The number of para-hydroxylation sites is 1. The summed E-state index contributed by atoms with van der Waals surface area (Å²) in [6, 6.07) is 10.1. The van der Waals surface area contributed by atoms with E-state index in [0.29, 0.717) is 6.54 Å². The number of hydrogen-bond donors (Lipinski definition) is 1. The standard InChI is InChI=1S/C19H24N6OS.HI/c1-3-17-22-19(27-23-17)25-10-8-24(9-11-25)18(20-2)21-13-15-12-14-6-4-5-7-16(14)26-15;/h4-7,12H,3,8-11,13H2,1-2H3,(H,20,21);1H. The molecule has 0 aliphatic carbocycles. The molecule has 0 unspecified atom stereocenters. The number of aliphatic imine (C=N–C) groups is 1. The highest BCUT2D eigenvalue weighted by atomic mass is 127. The number of halogens is 1. The zero-order valence-electron chi connectivity index (χ0n) is 16.1. The van der Waals surface area contributed by atoms with Crippen molar-refractivity contribution in [1.82, 2.24) is 19.6 Å². The highest BCUT2D eigenvalue weighted by Crippen LogP contribution is 2.20. The SMILES string of the molecule is CCc1nsc(N2CCN(C(=NC)NCc3cc4ccccc4o3)CC2)n1.I. The molecule has 0 saturated carbocycles. The van der Waals surface area contributed by atoms with Gasteiger partial charge in [-0.05, 0) is 12.1 Å². The van der Waals surface area contributed by atoms with Crippen molar-refractivity contribution in [1.29, 1.82) is 0 Å². The molecule has 1 N–H and O–H groups in total. The summed E-state index contributed by atoms with van der Waals surface area (Å²) in [5, 5.41) is 5.57. The average molecular weight is 512 g/mol. The second-order valence-electron chi connectivity index (χ2n) is 6.47. The Morgan fingerprint density at radius 2 is 2.04 bits per heavy atom. The molecule has 150 valence electrons. The van der Waals surface area contributed by atoms with Crippen LogP contribution in [0.4, 0.5) is 5.13 Å². The monoisotopic (exact) mass is 512 g/mol. The summed E-state index contributed by atoms with van der Waals surface area (Å²) >= 11 is 1.49. The molecule has 9 heteroatoms. The Morgan fingerprint density at radius 3 is 2.71 bits per heavy atom. The summed E-state index contributed by atoms with van der Waals surface area (Å²) < 4.78 is 10.3. The van der Waals surface area contributed by atoms with Gasteiger partial charge in [-0.25, -0.2) is 4.98 Å². The molecular weight excluding hydrogens is 487 g/mol. The van der Waals surface area contributed by atoms with Gasteiger partial charge < -0.3 is 19.5 Å². The van der Waals surface area contributed by atoms with Crippen LogP contribution in [0.15, 0.2) is 39.7 Å². The zero-order valence-corrected chi connectivity index (χ0v) is 19.2. The van der Waals surface area contributed by atoms with E-state index in [4.69, 9.17) is 4.42 Å². The van der Waals surface area contributed by atoms with Crippen LogP contribution < -0.4 is 10.2 Å². The normalized spacial score (nSPS) is 15.0.